The third-order valence-corrected chi connectivity index (χ3v) is 0.167. The molecule has 0 N–H and O–H groups in total. The van der Waals surface area contributed by atoms with Gasteiger partial charge in [0.15, 0.2) is 0 Å². The normalized spacial score (nSPS) is 5.43. The van der Waals surface area contributed by atoms with Crippen LogP contribution in [0.4, 0.5) is 0 Å². The Labute approximate surface area is 48.8 Å². The first-order valence-electron chi connectivity index (χ1n) is 2.56. The standard InChI is InChI=1S/C4H6.C2H8Si/c1-3-4-2;1-3-2/h3-4H,1-2H2;3H2,1-2H3. The molecule has 0 nitrogen and oxygen atoms in total. The van der Waals surface area contributed by atoms with Gasteiger partial charge in [0.05, 0.1) is 0 Å². The van der Waals surface area contributed by atoms with Crippen LogP contribution in [-0.2, 0) is 0 Å². The van der Waals surface area contributed by atoms with Crippen LogP contribution in [-0.4, -0.2) is 9.52 Å². The molecule has 0 unspecified atom stereocenters. The SMILES string of the molecule is C=CC=C.C[SiH2]C. The summed E-state index contributed by atoms with van der Waals surface area (Å²) in [7, 11) is 0.417. The molecule has 0 amide bonds. The Morgan fingerprint density at radius 1 is 1.14 bits per heavy atom. The van der Waals surface area contributed by atoms with Gasteiger partial charge in [-0.05, 0) is 0 Å². The molecule has 0 spiro atoms. The van der Waals surface area contributed by atoms with Gasteiger partial charge >= 0.3 is 0 Å². The van der Waals surface area contributed by atoms with E-state index in [1.165, 1.54) is 0 Å². The molecular formula is C6H14Si. The molecule has 0 radical (unpaired) electrons. The number of hydrogen-bond donors (Lipinski definition) is 0. The minimum Gasteiger partial charge on any atom is -0.0991 e. The van der Waals surface area contributed by atoms with Gasteiger partial charge in [-0.15, -0.1) is 0 Å². The van der Waals surface area contributed by atoms with E-state index < -0.39 is 0 Å². The van der Waals surface area contributed by atoms with Crippen molar-refractivity contribution in [1.82, 2.24) is 0 Å². The minimum absolute atomic E-state index is 0.417. The van der Waals surface area contributed by atoms with Crippen LogP contribution in [0.15, 0.2) is 25.3 Å². The molecule has 0 aromatic rings. The summed E-state index contributed by atoms with van der Waals surface area (Å²) in [5.74, 6) is 0. The van der Waals surface area contributed by atoms with Gasteiger partial charge in [0.2, 0.25) is 0 Å². The van der Waals surface area contributed by atoms with Gasteiger partial charge in [0, 0.05) is 9.52 Å². The van der Waals surface area contributed by atoms with Crippen molar-refractivity contribution in [3.63, 3.8) is 0 Å². The van der Waals surface area contributed by atoms with Crippen LogP contribution in [0.3, 0.4) is 0 Å². The summed E-state index contributed by atoms with van der Waals surface area (Å²) < 4.78 is 0. The molecule has 0 aliphatic heterocycles. The second kappa shape index (κ2) is 17.3. The third-order valence-electron chi connectivity index (χ3n) is 0.167. The second-order valence-corrected chi connectivity index (χ2v) is 2.59. The maximum absolute atomic E-state index is 3.36. The minimum atomic E-state index is 0.417. The topological polar surface area (TPSA) is 0 Å². The zero-order chi connectivity index (χ0) is 6.12. The van der Waals surface area contributed by atoms with Crippen LogP contribution in [0.25, 0.3) is 0 Å². The van der Waals surface area contributed by atoms with E-state index in [2.05, 4.69) is 26.3 Å². The first kappa shape index (κ1) is 9.85. The molecule has 42 valence electrons. The van der Waals surface area contributed by atoms with E-state index in [4.69, 9.17) is 0 Å². The van der Waals surface area contributed by atoms with Gasteiger partial charge in [0.1, 0.15) is 0 Å². The lowest BCUT2D eigenvalue weighted by Gasteiger charge is -1.45. The number of rotatable bonds is 1. The third kappa shape index (κ3) is 160. The summed E-state index contributed by atoms with van der Waals surface area (Å²) in [6.45, 7) is 11.2. The molecule has 0 saturated carbocycles. The summed E-state index contributed by atoms with van der Waals surface area (Å²) in [5, 5.41) is 0. The summed E-state index contributed by atoms with van der Waals surface area (Å²) in [6, 6.07) is 0. The molecule has 0 fully saturated rings. The highest BCUT2D eigenvalue weighted by Gasteiger charge is 1.38. The predicted octanol–water partition coefficient (Wildman–Crippen LogP) is 1.61. The summed E-state index contributed by atoms with van der Waals surface area (Å²) in [6.07, 6.45) is 3.28. The summed E-state index contributed by atoms with van der Waals surface area (Å²) in [4.78, 5) is 0. The fourth-order valence-electron chi connectivity index (χ4n) is 0. The molecule has 0 heterocycles. The highest BCUT2D eigenvalue weighted by molar-refractivity contribution is 6.31. The van der Waals surface area contributed by atoms with Crippen LogP contribution in [0.1, 0.15) is 0 Å². The number of hydrogen-bond acceptors (Lipinski definition) is 0. The molecule has 0 atom stereocenters. The molecule has 0 aliphatic carbocycles. The van der Waals surface area contributed by atoms with E-state index in [1.807, 2.05) is 0 Å². The van der Waals surface area contributed by atoms with Crippen LogP contribution in [0, 0.1) is 0 Å². The maximum atomic E-state index is 3.36. The van der Waals surface area contributed by atoms with Crippen LogP contribution < -0.4 is 0 Å². The Balaban J connectivity index is 0. The van der Waals surface area contributed by atoms with E-state index in [1.54, 1.807) is 12.2 Å². The molecule has 0 aromatic carbocycles. The molecule has 7 heavy (non-hydrogen) atoms. The quantitative estimate of drug-likeness (QED) is 0.359. The van der Waals surface area contributed by atoms with Crippen molar-refractivity contribution in [2.75, 3.05) is 0 Å². The second-order valence-electron chi connectivity index (χ2n) is 1.18. The van der Waals surface area contributed by atoms with Gasteiger partial charge in [-0.1, -0.05) is 38.4 Å². The fourth-order valence-corrected chi connectivity index (χ4v) is 0. The Bertz CT molecular complexity index is 33.4. The van der Waals surface area contributed by atoms with Gasteiger partial charge in [-0.2, -0.15) is 0 Å². The van der Waals surface area contributed by atoms with Crippen LogP contribution in [0.5, 0.6) is 0 Å². The molecule has 0 rings (SSSR count). The highest BCUT2D eigenvalue weighted by atomic mass is 28.2. The Kier molecular flexibility index (Phi) is 24.3. The van der Waals surface area contributed by atoms with Crippen LogP contribution in [0.2, 0.25) is 13.1 Å². The van der Waals surface area contributed by atoms with Crippen molar-refractivity contribution in [1.29, 1.82) is 0 Å². The first-order valence-corrected chi connectivity index (χ1v) is 5.39. The molecule has 1 heteroatoms. The summed E-state index contributed by atoms with van der Waals surface area (Å²) in [5.41, 5.74) is 0. The number of allylic oxidation sites excluding steroid dienone is 2. The van der Waals surface area contributed by atoms with Crippen molar-refractivity contribution < 1.29 is 0 Å². The predicted molar refractivity (Wildman–Crippen MR) is 40.7 cm³/mol. The average molecular weight is 114 g/mol. The Morgan fingerprint density at radius 2 is 1.29 bits per heavy atom. The van der Waals surface area contributed by atoms with E-state index in [9.17, 15) is 0 Å². The van der Waals surface area contributed by atoms with Crippen molar-refractivity contribution in [2.45, 2.75) is 13.1 Å². The largest absolute Gasteiger partial charge is 0.0991 e. The van der Waals surface area contributed by atoms with E-state index in [-0.39, 0.29) is 0 Å². The van der Waals surface area contributed by atoms with Gasteiger partial charge in [0.25, 0.3) is 0 Å². The van der Waals surface area contributed by atoms with Crippen molar-refractivity contribution >= 4 is 9.52 Å². The van der Waals surface area contributed by atoms with Gasteiger partial charge in [-0.25, -0.2) is 0 Å². The summed E-state index contributed by atoms with van der Waals surface area (Å²) >= 11 is 0. The Hall–Kier alpha value is -0.303. The molecule has 0 saturated heterocycles. The van der Waals surface area contributed by atoms with Crippen molar-refractivity contribution in [2.24, 2.45) is 0 Å². The van der Waals surface area contributed by atoms with Crippen molar-refractivity contribution in [3.8, 4) is 0 Å². The highest BCUT2D eigenvalue weighted by Crippen LogP contribution is 1.52. The fraction of sp³-hybridized carbons (Fsp3) is 0.333. The zero-order valence-corrected chi connectivity index (χ0v) is 6.69. The van der Waals surface area contributed by atoms with E-state index in [0.717, 1.165) is 0 Å². The zero-order valence-electron chi connectivity index (χ0n) is 5.28. The Morgan fingerprint density at radius 3 is 1.29 bits per heavy atom. The van der Waals surface area contributed by atoms with Gasteiger partial charge in [-0.3, -0.25) is 0 Å². The lowest BCUT2D eigenvalue weighted by molar-refractivity contribution is 2.14. The lowest BCUT2D eigenvalue weighted by Crippen LogP contribution is -1.53. The molecule has 0 aliphatic rings. The van der Waals surface area contributed by atoms with Crippen LogP contribution >= 0.6 is 0 Å². The first-order chi connectivity index (χ1) is 3.33. The van der Waals surface area contributed by atoms with Crippen molar-refractivity contribution in [3.05, 3.63) is 25.3 Å². The molecule has 0 bridgehead atoms. The van der Waals surface area contributed by atoms with E-state index in [0.29, 0.717) is 9.52 Å². The molecule has 0 aromatic heterocycles. The van der Waals surface area contributed by atoms with E-state index >= 15 is 0 Å². The average Bonchev–Trinajstić information content (AvgIpc) is 1.69. The molecular weight excluding hydrogens is 100 g/mol. The lowest BCUT2D eigenvalue weighted by atomic mass is 10.6. The smallest absolute Gasteiger partial charge is 0.0135 e. The monoisotopic (exact) mass is 114 g/mol. The maximum Gasteiger partial charge on any atom is 0.0135 e. The van der Waals surface area contributed by atoms with Gasteiger partial charge < -0.3 is 0 Å².